The molecule has 0 saturated carbocycles. The molecule has 0 bridgehead atoms. The zero-order chi connectivity index (χ0) is 14.2. The van der Waals surface area contributed by atoms with E-state index in [4.69, 9.17) is 0 Å². The summed E-state index contributed by atoms with van der Waals surface area (Å²) in [6, 6.07) is 6.97. The minimum atomic E-state index is -4.42. The van der Waals surface area contributed by atoms with Gasteiger partial charge < -0.3 is 10.3 Å². The fourth-order valence-corrected chi connectivity index (χ4v) is 1.94. The lowest BCUT2D eigenvalue weighted by Gasteiger charge is -2.14. The highest BCUT2D eigenvalue weighted by Gasteiger charge is 2.33. The number of aromatic nitrogens is 3. The topological polar surface area (TPSA) is 53.6 Å². The van der Waals surface area contributed by atoms with Gasteiger partial charge in [-0.2, -0.15) is 13.2 Å². The molecular formula is C13H9F3N4. The first kappa shape index (κ1) is 12.5. The van der Waals surface area contributed by atoms with Crippen LogP contribution in [-0.2, 0) is 6.18 Å². The number of para-hydroxylation sites is 1. The molecular weight excluding hydrogens is 269 g/mol. The number of alkyl halides is 3. The Balaban J connectivity index is 2.06. The van der Waals surface area contributed by atoms with Gasteiger partial charge in [0.2, 0.25) is 0 Å². The van der Waals surface area contributed by atoms with Gasteiger partial charge in [-0.05, 0) is 18.2 Å². The second-order valence-corrected chi connectivity index (χ2v) is 4.13. The number of hydrogen-bond donors (Lipinski definition) is 2. The standard InChI is InChI=1S/C13H9F3N4/c14-13(15,16)9-3-1-2-4-10(9)20-12-8-5-6-17-11(8)18-7-19-12/h1-7H,(H2,17,18,19,20). The number of halogens is 3. The van der Waals surface area contributed by atoms with Crippen molar-refractivity contribution in [2.24, 2.45) is 0 Å². The Hall–Kier alpha value is -2.57. The van der Waals surface area contributed by atoms with Gasteiger partial charge in [0.25, 0.3) is 0 Å². The lowest BCUT2D eigenvalue weighted by atomic mass is 10.1. The van der Waals surface area contributed by atoms with Crippen molar-refractivity contribution in [3.63, 3.8) is 0 Å². The summed E-state index contributed by atoms with van der Waals surface area (Å²) in [4.78, 5) is 10.9. The average molecular weight is 278 g/mol. The maximum absolute atomic E-state index is 12.9. The highest BCUT2D eigenvalue weighted by atomic mass is 19.4. The van der Waals surface area contributed by atoms with Crippen LogP contribution < -0.4 is 5.32 Å². The van der Waals surface area contributed by atoms with E-state index in [2.05, 4.69) is 20.3 Å². The number of hydrogen-bond acceptors (Lipinski definition) is 3. The highest BCUT2D eigenvalue weighted by Crippen LogP contribution is 2.36. The van der Waals surface area contributed by atoms with Crippen molar-refractivity contribution in [1.82, 2.24) is 15.0 Å². The van der Waals surface area contributed by atoms with Crippen LogP contribution >= 0.6 is 0 Å². The lowest BCUT2D eigenvalue weighted by molar-refractivity contribution is -0.136. The number of fused-ring (bicyclic) bond motifs is 1. The summed E-state index contributed by atoms with van der Waals surface area (Å²) in [6.45, 7) is 0. The Morgan fingerprint density at radius 3 is 2.65 bits per heavy atom. The molecule has 2 N–H and O–H groups in total. The van der Waals surface area contributed by atoms with Gasteiger partial charge in [0.15, 0.2) is 0 Å². The predicted molar refractivity (Wildman–Crippen MR) is 68.6 cm³/mol. The summed E-state index contributed by atoms with van der Waals surface area (Å²) >= 11 is 0. The van der Waals surface area contributed by atoms with E-state index >= 15 is 0 Å². The number of benzene rings is 1. The Bertz CT molecular complexity index is 748. The molecule has 0 radical (unpaired) electrons. The van der Waals surface area contributed by atoms with Crippen molar-refractivity contribution in [2.75, 3.05) is 5.32 Å². The van der Waals surface area contributed by atoms with Gasteiger partial charge >= 0.3 is 6.18 Å². The number of rotatable bonds is 2. The molecule has 102 valence electrons. The molecule has 20 heavy (non-hydrogen) atoms. The molecule has 0 amide bonds. The van der Waals surface area contributed by atoms with Crippen LogP contribution in [0.15, 0.2) is 42.9 Å². The quantitative estimate of drug-likeness (QED) is 0.751. The number of nitrogens with zero attached hydrogens (tertiary/aromatic N) is 2. The van der Waals surface area contributed by atoms with E-state index in [1.807, 2.05) is 0 Å². The van der Waals surface area contributed by atoms with Gasteiger partial charge in [0.05, 0.1) is 16.6 Å². The van der Waals surface area contributed by atoms with E-state index in [0.717, 1.165) is 6.07 Å². The fraction of sp³-hybridized carbons (Fsp3) is 0.0769. The maximum Gasteiger partial charge on any atom is 0.418 e. The Kier molecular flexibility index (Phi) is 2.81. The van der Waals surface area contributed by atoms with Crippen molar-refractivity contribution < 1.29 is 13.2 Å². The van der Waals surface area contributed by atoms with E-state index in [9.17, 15) is 13.2 Å². The first-order valence-electron chi connectivity index (χ1n) is 5.77. The van der Waals surface area contributed by atoms with Crippen LogP contribution in [0.2, 0.25) is 0 Å². The van der Waals surface area contributed by atoms with Crippen molar-refractivity contribution in [3.05, 3.63) is 48.4 Å². The molecule has 2 aromatic heterocycles. The van der Waals surface area contributed by atoms with Crippen LogP contribution in [0.25, 0.3) is 11.0 Å². The Morgan fingerprint density at radius 1 is 1.05 bits per heavy atom. The predicted octanol–water partition coefficient (Wildman–Crippen LogP) is 3.72. The van der Waals surface area contributed by atoms with E-state index in [0.29, 0.717) is 16.9 Å². The summed E-state index contributed by atoms with van der Waals surface area (Å²) in [6.07, 6.45) is -1.48. The highest BCUT2D eigenvalue weighted by molar-refractivity contribution is 5.89. The third-order valence-corrected chi connectivity index (χ3v) is 2.84. The van der Waals surface area contributed by atoms with Crippen LogP contribution in [0.4, 0.5) is 24.7 Å². The first-order chi connectivity index (χ1) is 9.55. The van der Waals surface area contributed by atoms with E-state index in [-0.39, 0.29) is 5.69 Å². The second kappa shape index (κ2) is 4.52. The van der Waals surface area contributed by atoms with Crippen LogP contribution in [0.1, 0.15) is 5.56 Å². The fourth-order valence-electron chi connectivity index (χ4n) is 1.94. The van der Waals surface area contributed by atoms with Gasteiger partial charge in [-0.25, -0.2) is 9.97 Å². The normalized spacial score (nSPS) is 11.8. The molecule has 0 fully saturated rings. The second-order valence-electron chi connectivity index (χ2n) is 4.13. The average Bonchev–Trinajstić information content (AvgIpc) is 2.87. The molecule has 0 aliphatic heterocycles. The van der Waals surface area contributed by atoms with E-state index < -0.39 is 11.7 Å². The molecule has 0 saturated heterocycles. The molecule has 2 heterocycles. The maximum atomic E-state index is 12.9. The van der Waals surface area contributed by atoms with E-state index in [1.54, 1.807) is 12.3 Å². The summed E-state index contributed by atoms with van der Waals surface area (Å²) in [7, 11) is 0. The largest absolute Gasteiger partial charge is 0.418 e. The number of nitrogens with one attached hydrogen (secondary N) is 2. The van der Waals surface area contributed by atoms with Crippen LogP contribution in [0, 0.1) is 0 Å². The SMILES string of the molecule is FC(F)(F)c1ccccc1Nc1ncnc2[nH]ccc12. The molecule has 0 atom stereocenters. The lowest BCUT2D eigenvalue weighted by Crippen LogP contribution is -2.09. The number of H-pyrrole nitrogens is 1. The van der Waals surface area contributed by atoms with Crippen molar-refractivity contribution in [1.29, 1.82) is 0 Å². The van der Waals surface area contributed by atoms with Gasteiger partial charge in [-0.1, -0.05) is 12.1 Å². The number of aromatic amines is 1. The summed E-state index contributed by atoms with van der Waals surface area (Å²) < 4.78 is 38.8. The monoisotopic (exact) mass is 278 g/mol. The minimum absolute atomic E-state index is 0.0406. The molecule has 1 aromatic carbocycles. The molecule has 3 aromatic rings. The minimum Gasteiger partial charge on any atom is -0.346 e. The van der Waals surface area contributed by atoms with Gasteiger partial charge in [0, 0.05) is 6.20 Å². The molecule has 3 rings (SSSR count). The third-order valence-electron chi connectivity index (χ3n) is 2.84. The van der Waals surface area contributed by atoms with Crippen molar-refractivity contribution in [3.8, 4) is 0 Å². The zero-order valence-corrected chi connectivity index (χ0v) is 10.1. The third kappa shape index (κ3) is 2.18. The Labute approximate surface area is 111 Å². The molecule has 0 aliphatic carbocycles. The van der Waals surface area contributed by atoms with Crippen LogP contribution in [0.5, 0.6) is 0 Å². The van der Waals surface area contributed by atoms with Crippen LogP contribution in [0.3, 0.4) is 0 Å². The van der Waals surface area contributed by atoms with Crippen molar-refractivity contribution >= 4 is 22.5 Å². The molecule has 0 spiro atoms. The number of anilines is 2. The van der Waals surface area contributed by atoms with Gasteiger partial charge in [-0.15, -0.1) is 0 Å². The summed E-state index contributed by atoms with van der Waals surface area (Å²) in [5.74, 6) is 0.327. The molecule has 4 nitrogen and oxygen atoms in total. The van der Waals surface area contributed by atoms with Gasteiger partial charge in [-0.3, -0.25) is 0 Å². The van der Waals surface area contributed by atoms with E-state index in [1.165, 1.54) is 24.5 Å². The first-order valence-corrected chi connectivity index (χ1v) is 5.77. The van der Waals surface area contributed by atoms with Crippen molar-refractivity contribution in [2.45, 2.75) is 6.18 Å². The summed E-state index contributed by atoms with van der Waals surface area (Å²) in [5.41, 5.74) is -0.213. The molecule has 0 aliphatic rings. The summed E-state index contributed by atoms with van der Waals surface area (Å²) in [5, 5.41) is 3.35. The van der Waals surface area contributed by atoms with Gasteiger partial charge in [0.1, 0.15) is 17.8 Å². The van der Waals surface area contributed by atoms with Crippen LogP contribution in [-0.4, -0.2) is 15.0 Å². The molecule has 7 heteroatoms. The zero-order valence-electron chi connectivity index (χ0n) is 10.1. The Morgan fingerprint density at radius 2 is 1.85 bits per heavy atom. The molecule has 0 unspecified atom stereocenters. The smallest absolute Gasteiger partial charge is 0.346 e.